The summed E-state index contributed by atoms with van der Waals surface area (Å²) >= 11 is 1.07. The molecule has 0 aromatic rings. The lowest BCUT2D eigenvalue weighted by atomic mass is 10.4. The molecule has 0 rings (SSSR count). The van der Waals surface area contributed by atoms with Crippen LogP contribution in [0.4, 0.5) is 0 Å². The third-order valence-corrected chi connectivity index (χ3v) is 1.81. The van der Waals surface area contributed by atoms with Crippen molar-refractivity contribution in [1.82, 2.24) is 0 Å². The molecule has 5 heteroatoms. The van der Waals surface area contributed by atoms with Crippen LogP contribution < -0.4 is 5.73 Å². The quantitative estimate of drug-likeness (QED) is 0.499. The van der Waals surface area contributed by atoms with E-state index in [1.807, 2.05) is 0 Å². The Kier molecular flexibility index (Phi) is 3.87. The van der Waals surface area contributed by atoms with Gasteiger partial charge in [-0.2, -0.15) is 0 Å². The SMILES string of the molecule is CCC(N)=C(SC)[N+](=O)[O-]. The van der Waals surface area contributed by atoms with Gasteiger partial charge in [0.2, 0.25) is 0 Å². The molecule has 2 N–H and O–H groups in total. The van der Waals surface area contributed by atoms with Gasteiger partial charge in [-0.3, -0.25) is 10.1 Å². The molecule has 0 unspecified atom stereocenters. The monoisotopic (exact) mass is 162 g/mol. The molecular weight excluding hydrogens is 152 g/mol. The molecule has 4 nitrogen and oxygen atoms in total. The Labute approximate surface area is 63.6 Å². The van der Waals surface area contributed by atoms with E-state index >= 15 is 0 Å². The Morgan fingerprint density at radius 3 is 2.40 bits per heavy atom. The highest BCUT2D eigenvalue weighted by molar-refractivity contribution is 8.02. The Bertz CT molecular complexity index is 167. The molecule has 0 bridgehead atoms. The number of nitrogens with two attached hydrogens (primary N) is 1. The molecule has 58 valence electrons. The Morgan fingerprint density at radius 1 is 1.80 bits per heavy atom. The van der Waals surface area contributed by atoms with E-state index in [1.165, 1.54) is 0 Å². The molecule has 0 fully saturated rings. The van der Waals surface area contributed by atoms with Gasteiger partial charge in [-0.05, 0) is 12.7 Å². The molecule has 0 radical (unpaired) electrons. The number of rotatable bonds is 3. The van der Waals surface area contributed by atoms with Crippen molar-refractivity contribution < 1.29 is 4.92 Å². The lowest BCUT2D eigenvalue weighted by Gasteiger charge is -1.96. The summed E-state index contributed by atoms with van der Waals surface area (Å²) in [6.07, 6.45) is 2.16. The summed E-state index contributed by atoms with van der Waals surface area (Å²) in [5.74, 6) is 0. The fourth-order valence-electron chi connectivity index (χ4n) is 0.474. The van der Waals surface area contributed by atoms with Crippen LogP contribution in [0.5, 0.6) is 0 Å². The lowest BCUT2D eigenvalue weighted by Crippen LogP contribution is -2.05. The van der Waals surface area contributed by atoms with E-state index in [0.717, 1.165) is 11.8 Å². The minimum absolute atomic E-state index is 0.0579. The van der Waals surface area contributed by atoms with Crippen molar-refractivity contribution >= 4 is 11.8 Å². The van der Waals surface area contributed by atoms with Crippen molar-refractivity contribution in [3.05, 3.63) is 20.8 Å². The molecule has 0 spiro atoms. The summed E-state index contributed by atoms with van der Waals surface area (Å²) in [5.41, 5.74) is 5.69. The van der Waals surface area contributed by atoms with Gasteiger partial charge < -0.3 is 5.73 Å². The largest absolute Gasteiger partial charge is 0.396 e. The molecular formula is C5H10N2O2S. The van der Waals surface area contributed by atoms with E-state index in [1.54, 1.807) is 13.2 Å². The maximum Gasteiger partial charge on any atom is 0.321 e. The first-order valence-corrected chi connectivity index (χ1v) is 4.03. The van der Waals surface area contributed by atoms with Crippen molar-refractivity contribution in [2.75, 3.05) is 6.26 Å². The highest BCUT2D eigenvalue weighted by atomic mass is 32.2. The molecule has 0 heterocycles. The summed E-state index contributed by atoms with van der Waals surface area (Å²) in [5, 5.41) is 10.2. The van der Waals surface area contributed by atoms with Crippen LogP contribution in [0.2, 0.25) is 0 Å². The maximum absolute atomic E-state index is 10.2. The van der Waals surface area contributed by atoms with E-state index in [4.69, 9.17) is 5.73 Å². The van der Waals surface area contributed by atoms with Crippen LogP contribution in [0, 0.1) is 10.1 Å². The fourth-order valence-corrected chi connectivity index (χ4v) is 1.03. The Hall–Kier alpha value is -0.710. The summed E-state index contributed by atoms with van der Waals surface area (Å²) in [7, 11) is 0. The molecule has 0 aliphatic heterocycles. The average molecular weight is 162 g/mol. The van der Waals surface area contributed by atoms with Gasteiger partial charge in [0.1, 0.15) is 0 Å². The second-order valence-corrected chi connectivity index (χ2v) is 2.44. The lowest BCUT2D eigenvalue weighted by molar-refractivity contribution is -0.411. The molecule has 0 aromatic heterocycles. The van der Waals surface area contributed by atoms with Gasteiger partial charge in [-0.25, -0.2) is 0 Å². The number of hydrogen-bond acceptors (Lipinski definition) is 4. The van der Waals surface area contributed by atoms with Crippen molar-refractivity contribution in [1.29, 1.82) is 0 Å². The van der Waals surface area contributed by atoms with Crippen molar-refractivity contribution in [3.8, 4) is 0 Å². The van der Waals surface area contributed by atoms with Crippen LogP contribution in [0.15, 0.2) is 10.7 Å². The Balaban J connectivity index is 4.45. The zero-order valence-corrected chi connectivity index (χ0v) is 6.77. The highest BCUT2D eigenvalue weighted by Crippen LogP contribution is 2.15. The molecule has 0 saturated carbocycles. The van der Waals surface area contributed by atoms with Crippen LogP contribution >= 0.6 is 11.8 Å². The van der Waals surface area contributed by atoms with E-state index in [2.05, 4.69) is 0 Å². The fraction of sp³-hybridized carbons (Fsp3) is 0.600. The van der Waals surface area contributed by atoms with Crippen molar-refractivity contribution in [2.45, 2.75) is 13.3 Å². The van der Waals surface area contributed by atoms with E-state index in [9.17, 15) is 10.1 Å². The zero-order valence-electron chi connectivity index (χ0n) is 5.96. The minimum Gasteiger partial charge on any atom is -0.396 e. The van der Waals surface area contributed by atoms with E-state index < -0.39 is 4.92 Å². The van der Waals surface area contributed by atoms with E-state index in [0.29, 0.717) is 12.1 Å². The number of thioether (sulfide) groups is 1. The topological polar surface area (TPSA) is 69.2 Å². The summed E-state index contributed by atoms with van der Waals surface area (Å²) in [6.45, 7) is 1.79. The number of nitro groups is 1. The third-order valence-electron chi connectivity index (χ3n) is 1.01. The normalized spacial score (nSPS) is 12.6. The standard InChI is InChI=1S/C5H10N2O2S/c1-3-4(6)5(10-2)7(8)9/h3,6H2,1-2H3. The summed E-state index contributed by atoms with van der Waals surface area (Å²) in [6, 6.07) is 0. The second-order valence-electron chi connectivity index (χ2n) is 1.65. The smallest absolute Gasteiger partial charge is 0.321 e. The van der Waals surface area contributed by atoms with Gasteiger partial charge in [-0.1, -0.05) is 18.7 Å². The predicted molar refractivity (Wildman–Crippen MR) is 42.0 cm³/mol. The first-order valence-electron chi connectivity index (χ1n) is 2.80. The average Bonchev–Trinajstić information content (AvgIpc) is 1.88. The van der Waals surface area contributed by atoms with Gasteiger partial charge in [0, 0.05) is 0 Å². The van der Waals surface area contributed by atoms with Gasteiger partial charge in [0.15, 0.2) is 0 Å². The minimum atomic E-state index is -0.455. The van der Waals surface area contributed by atoms with E-state index in [-0.39, 0.29) is 5.03 Å². The highest BCUT2D eigenvalue weighted by Gasteiger charge is 2.12. The molecule has 0 atom stereocenters. The van der Waals surface area contributed by atoms with Gasteiger partial charge in [-0.15, -0.1) is 0 Å². The molecule has 10 heavy (non-hydrogen) atoms. The number of nitrogens with zero attached hydrogens (tertiary/aromatic N) is 1. The first-order chi connectivity index (χ1) is 4.63. The zero-order chi connectivity index (χ0) is 8.15. The molecule has 0 amide bonds. The van der Waals surface area contributed by atoms with Gasteiger partial charge in [0.25, 0.3) is 0 Å². The molecule has 0 aromatic carbocycles. The Morgan fingerprint density at radius 2 is 2.30 bits per heavy atom. The maximum atomic E-state index is 10.2. The van der Waals surface area contributed by atoms with Crippen LogP contribution in [-0.4, -0.2) is 11.2 Å². The van der Waals surface area contributed by atoms with Crippen LogP contribution in [-0.2, 0) is 0 Å². The van der Waals surface area contributed by atoms with Gasteiger partial charge >= 0.3 is 5.03 Å². The molecule has 0 aliphatic rings. The van der Waals surface area contributed by atoms with Gasteiger partial charge in [0.05, 0.1) is 10.6 Å². The second kappa shape index (κ2) is 4.16. The first kappa shape index (κ1) is 9.29. The third kappa shape index (κ3) is 2.26. The van der Waals surface area contributed by atoms with Crippen LogP contribution in [0.25, 0.3) is 0 Å². The summed E-state index contributed by atoms with van der Waals surface area (Å²) < 4.78 is 0. The van der Waals surface area contributed by atoms with Crippen molar-refractivity contribution in [3.63, 3.8) is 0 Å². The van der Waals surface area contributed by atoms with Crippen molar-refractivity contribution in [2.24, 2.45) is 5.73 Å². The molecule has 0 aliphatic carbocycles. The predicted octanol–water partition coefficient (Wildman–Crippen LogP) is 1.16. The number of allylic oxidation sites excluding steroid dienone is 1. The van der Waals surface area contributed by atoms with Crippen LogP contribution in [0.1, 0.15) is 13.3 Å². The number of hydrogen-bond donors (Lipinski definition) is 1. The molecule has 0 saturated heterocycles. The van der Waals surface area contributed by atoms with Crippen LogP contribution in [0.3, 0.4) is 0 Å². The summed E-state index contributed by atoms with van der Waals surface area (Å²) in [4.78, 5) is 9.72.